The molecule has 0 radical (unpaired) electrons. The van der Waals surface area contributed by atoms with Gasteiger partial charge < -0.3 is 5.11 Å². The summed E-state index contributed by atoms with van der Waals surface area (Å²) in [6.07, 6.45) is 22.3. The SMILES string of the molecule is CCCCC/C=C\C/C=C\CCCCCCC[13C](=O)O. The first-order chi connectivity index (χ1) is 9.77. The highest BCUT2D eigenvalue weighted by atomic mass is 16.5. The van der Waals surface area contributed by atoms with Gasteiger partial charge in [-0.25, -0.2) is 0 Å². The average molecular weight is 281 g/mol. The van der Waals surface area contributed by atoms with Crippen LogP contribution in [0.25, 0.3) is 0 Å². The number of carbonyl (C=O) groups is 1. The molecule has 0 aromatic carbocycles. The summed E-state index contributed by atoms with van der Waals surface area (Å²) in [4.78, 5) is 10.3. The predicted molar refractivity (Wildman–Crippen MR) is 87.0 cm³/mol. The number of carboxylic acids is 1. The Balaban J connectivity index is 3.17. The molecule has 0 amide bonds. The summed E-state index contributed by atoms with van der Waals surface area (Å²) >= 11 is 0. The van der Waals surface area contributed by atoms with Crippen LogP contribution in [0.4, 0.5) is 0 Å². The Morgan fingerprint density at radius 1 is 0.800 bits per heavy atom. The van der Waals surface area contributed by atoms with Crippen LogP contribution in [-0.2, 0) is 4.79 Å². The lowest BCUT2D eigenvalue weighted by Crippen LogP contribution is -1.93. The predicted octanol–water partition coefficient (Wildman–Crippen LogP) is 5.88. The third kappa shape index (κ3) is 16.9. The number of rotatable bonds is 14. The minimum Gasteiger partial charge on any atom is -0.481 e. The van der Waals surface area contributed by atoms with Crippen molar-refractivity contribution in [3.8, 4) is 0 Å². The van der Waals surface area contributed by atoms with Crippen molar-refractivity contribution >= 4 is 5.97 Å². The third-order valence-corrected chi connectivity index (χ3v) is 3.34. The molecule has 0 aromatic rings. The fourth-order valence-corrected chi connectivity index (χ4v) is 2.09. The first-order valence-electron chi connectivity index (χ1n) is 8.29. The van der Waals surface area contributed by atoms with Gasteiger partial charge in [0.15, 0.2) is 0 Å². The molecule has 116 valence electrons. The lowest BCUT2D eigenvalue weighted by atomic mass is 10.1. The van der Waals surface area contributed by atoms with Gasteiger partial charge in [-0.1, -0.05) is 63.3 Å². The number of hydrogen-bond donors (Lipinski definition) is 1. The molecule has 0 bridgehead atoms. The lowest BCUT2D eigenvalue weighted by Gasteiger charge is -1.98. The van der Waals surface area contributed by atoms with Gasteiger partial charge in [-0.3, -0.25) is 4.79 Å². The molecule has 0 aliphatic rings. The topological polar surface area (TPSA) is 37.3 Å². The van der Waals surface area contributed by atoms with Gasteiger partial charge in [0.05, 0.1) is 0 Å². The largest absolute Gasteiger partial charge is 0.481 e. The normalized spacial score (nSPS) is 11.7. The van der Waals surface area contributed by atoms with Crippen molar-refractivity contribution in [1.29, 1.82) is 0 Å². The first-order valence-corrected chi connectivity index (χ1v) is 8.29. The van der Waals surface area contributed by atoms with Gasteiger partial charge in [0.1, 0.15) is 0 Å². The molecule has 2 nitrogen and oxygen atoms in total. The van der Waals surface area contributed by atoms with Crippen LogP contribution in [0, 0.1) is 0 Å². The number of carboxylic acid groups (broad SMARTS) is 1. The fourth-order valence-electron chi connectivity index (χ4n) is 2.09. The second kappa shape index (κ2) is 16.0. The molecule has 0 saturated carbocycles. The summed E-state index contributed by atoms with van der Waals surface area (Å²) in [7, 11) is 0. The zero-order valence-corrected chi connectivity index (χ0v) is 13.2. The van der Waals surface area contributed by atoms with Gasteiger partial charge in [0.2, 0.25) is 0 Å². The Bertz CT molecular complexity index is 267. The average Bonchev–Trinajstić information content (AvgIpc) is 2.43. The van der Waals surface area contributed by atoms with Crippen LogP contribution >= 0.6 is 0 Å². The molecule has 20 heavy (non-hydrogen) atoms. The molecule has 0 saturated heterocycles. The van der Waals surface area contributed by atoms with Gasteiger partial charge >= 0.3 is 5.97 Å². The van der Waals surface area contributed by atoms with Gasteiger partial charge in [-0.2, -0.15) is 0 Å². The zero-order chi connectivity index (χ0) is 14.9. The fraction of sp³-hybridized carbons (Fsp3) is 0.722. The molecule has 0 aliphatic carbocycles. The van der Waals surface area contributed by atoms with E-state index in [-0.39, 0.29) is 0 Å². The van der Waals surface area contributed by atoms with Crippen molar-refractivity contribution in [1.82, 2.24) is 0 Å². The summed E-state index contributed by atoms with van der Waals surface area (Å²) in [5.74, 6) is -0.671. The van der Waals surface area contributed by atoms with E-state index in [1.165, 1.54) is 44.9 Å². The van der Waals surface area contributed by atoms with Gasteiger partial charge in [0, 0.05) is 6.42 Å². The zero-order valence-electron chi connectivity index (χ0n) is 13.2. The van der Waals surface area contributed by atoms with E-state index in [1.54, 1.807) is 0 Å². The lowest BCUT2D eigenvalue weighted by molar-refractivity contribution is -0.137. The van der Waals surface area contributed by atoms with Crippen LogP contribution < -0.4 is 0 Å². The van der Waals surface area contributed by atoms with E-state index in [9.17, 15) is 4.79 Å². The van der Waals surface area contributed by atoms with Gasteiger partial charge in [0.25, 0.3) is 0 Å². The first kappa shape index (κ1) is 18.9. The Kier molecular flexibility index (Phi) is 15.2. The molecule has 0 heterocycles. The second-order valence-corrected chi connectivity index (χ2v) is 5.37. The molecule has 0 aromatic heterocycles. The molecule has 0 aliphatic heterocycles. The summed E-state index contributed by atoms with van der Waals surface area (Å²) in [6, 6.07) is 0. The van der Waals surface area contributed by atoms with Crippen molar-refractivity contribution < 1.29 is 9.90 Å². The van der Waals surface area contributed by atoms with E-state index >= 15 is 0 Å². The maximum Gasteiger partial charge on any atom is 0.303 e. The van der Waals surface area contributed by atoms with Crippen LogP contribution in [0.2, 0.25) is 0 Å². The van der Waals surface area contributed by atoms with Crippen molar-refractivity contribution in [2.45, 2.75) is 84.0 Å². The highest BCUT2D eigenvalue weighted by Crippen LogP contribution is 2.08. The van der Waals surface area contributed by atoms with E-state index in [0.717, 1.165) is 25.7 Å². The molecule has 2 heteroatoms. The van der Waals surface area contributed by atoms with Crippen molar-refractivity contribution in [2.75, 3.05) is 0 Å². The van der Waals surface area contributed by atoms with Crippen molar-refractivity contribution in [3.05, 3.63) is 24.3 Å². The molecule has 0 rings (SSSR count). The number of allylic oxidation sites excluding steroid dienone is 4. The maximum atomic E-state index is 10.3. The summed E-state index contributed by atoms with van der Waals surface area (Å²) in [6.45, 7) is 2.23. The Morgan fingerprint density at radius 2 is 1.35 bits per heavy atom. The van der Waals surface area contributed by atoms with E-state index in [2.05, 4.69) is 31.2 Å². The Labute approximate surface area is 125 Å². The number of hydrogen-bond acceptors (Lipinski definition) is 1. The van der Waals surface area contributed by atoms with E-state index in [1.807, 2.05) is 0 Å². The highest BCUT2D eigenvalue weighted by Gasteiger charge is 1.95. The Morgan fingerprint density at radius 3 is 1.95 bits per heavy atom. The molecular weight excluding hydrogens is 249 g/mol. The Hall–Kier alpha value is -1.05. The maximum absolute atomic E-state index is 10.3. The van der Waals surface area contributed by atoms with Crippen molar-refractivity contribution in [3.63, 3.8) is 0 Å². The smallest absolute Gasteiger partial charge is 0.303 e. The van der Waals surface area contributed by atoms with E-state index in [4.69, 9.17) is 5.11 Å². The van der Waals surface area contributed by atoms with Crippen molar-refractivity contribution in [2.24, 2.45) is 0 Å². The summed E-state index contributed by atoms with van der Waals surface area (Å²) in [5, 5.41) is 8.50. The molecule has 0 unspecified atom stereocenters. The van der Waals surface area contributed by atoms with Crippen LogP contribution in [0.3, 0.4) is 0 Å². The third-order valence-electron chi connectivity index (χ3n) is 3.34. The molecule has 0 atom stereocenters. The molecular formula is C18H32O2. The summed E-state index contributed by atoms with van der Waals surface area (Å²) in [5.41, 5.74) is 0. The minimum atomic E-state index is -0.671. The van der Waals surface area contributed by atoms with Crippen LogP contribution in [0.15, 0.2) is 24.3 Å². The van der Waals surface area contributed by atoms with Crippen LogP contribution in [0.1, 0.15) is 84.0 Å². The minimum absolute atomic E-state index is 0.324. The number of aliphatic carboxylic acids is 1. The van der Waals surface area contributed by atoms with E-state index in [0.29, 0.717) is 6.42 Å². The number of unbranched alkanes of at least 4 members (excludes halogenated alkanes) is 8. The summed E-state index contributed by atoms with van der Waals surface area (Å²) < 4.78 is 0. The monoisotopic (exact) mass is 281 g/mol. The van der Waals surface area contributed by atoms with Gasteiger partial charge in [-0.15, -0.1) is 0 Å². The quantitative estimate of drug-likeness (QED) is 0.245. The van der Waals surface area contributed by atoms with Crippen LogP contribution in [-0.4, -0.2) is 11.1 Å². The van der Waals surface area contributed by atoms with Crippen LogP contribution in [0.5, 0.6) is 0 Å². The second-order valence-electron chi connectivity index (χ2n) is 5.37. The molecule has 1 N–H and O–H groups in total. The highest BCUT2D eigenvalue weighted by molar-refractivity contribution is 5.66. The molecule has 0 fully saturated rings. The van der Waals surface area contributed by atoms with Gasteiger partial charge in [-0.05, 0) is 38.5 Å². The van der Waals surface area contributed by atoms with E-state index < -0.39 is 5.97 Å². The standard InChI is InChI=1S/C18H32O2/c1-2-3-4-5-6-7-8-9-10-11-12-13-14-15-16-17-18(19)20/h6-7,9-10H,2-5,8,11-17H2,1H3,(H,19,20)/b7-6-,10-9-/i18+1. The molecule has 0 spiro atoms.